The molecule has 90 heavy (non-hydrogen) atoms. The number of hydrogen-bond acceptors (Lipinski definition) is 11. The summed E-state index contributed by atoms with van der Waals surface area (Å²) in [6.45, 7) is 53.5. The predicted octanol–water partition coefficient (Wildman–Crippen LogP) is 17.8. The van der Waals surface area contributed by atoms with E-state index in [1.807, 2.05) is 76.2 Å². The third-order valence-electron chi connectivity index (χ3n) is 14.6. The van der Waals surface area contributed by atoms with Crippen LogP contribution in [0.3, 0.4) is 0 Å². The van der Waals surface area contributed by atoms with Crippen molar-refractivity contribution in [1.82, 2.24) is 14.7 Å². The minimum atomic E-state index is -1.33. The first kappa shape index (κ1) is 93.2. The minimum Gasteiger partial charge on any atom is -0.492 e. The summed E-state index contributed by atoms with van der Waals surface area (Å²) in [4.78, 5) is 93.7. The molecular formula is C76H137N3O11. The molecule has 0 heterocycles. The van der Waals surface area contributed by atoms with Crippen molar-refractivity contribution in [1.29, 1.82) is 0 Å². The Balaban J connectivity index is -0.000000462. The number of carbonyl (C=O) groups excluding carboxylic acids is 7. The number of rotatable bonds is 33. The van der Waals surface area contributed by atoms with Gasteiger partial charge in [-0.25, -0.2) is 14.4 Å². The average molecular weight is 1270 g/mol. The van der Waals surface area contributed by atoms with E-state index >= 15 is 0 Å². The number of likely N-dealkylation sites (N-methyl/N-ethyl adjacent to an activating group) is 3. The van der Waals surface area contributed by atoms with Gasteiger partial charge in [0.15, 0.2) is 25.1 Å². The molecule has 2 aromatic rings. The number of amides is 3. The number of nitrogens with zero attached hydrogens (tertiary/aromatic N) is 3. The van der Waals surface area contributed by atoms with Gasteiger partial charge in [-0.3, -0.25) is 19.2 Å². The lowest BCUT2D eigenvalue weighted by Gasteiger charge is -2.32. The predicted molar refractivity (Wildman–Crippen MR) is 377 cm³/mol. The average Bonchev–Trinajstić information content (AvgIpc) is 2.88. The Hall–Kier alpha value is -5.53. The smallest absolute Gasteiger partial charge is 0.329 e. The highest BCUT2D eigenvalue weighted by molar-refractivity contribution is 5.91. The first-order chi connectivity index (χ1) is 42.1. The third kappa shape index (κ3) is 48.3. The Morgan fingerprint density at radius 3 is 1.07 bits per heavy atom. The van der Waals surface area contributed by atoms with Gasteiger partial charge in [-0.05, 0) is 127 Å². The normalized spacial score (nSPS) is 12.8. The molecule has 0 bridgehead atoms. The molecule has 0 saturated carbocycles. The van der Waals surface area contributed by atoms with Crippen molar-refractivity contribution in [3.8, 4) is 0 Å². The number of Topliss-reactive ketones (excluding diaryl/α,β-unsaturated/α-hetero) is 1. The molecule has 0 aromatic heterocycles. The minimum absolute atomic E-state index is 0.00556. The molecule has 0 saturated heterocycles. The summed E-state index contributed by atoms with van der Waals surface area (Å²) < 4.78 is 21.0. The lowest BCUT2D eigenvalue weighted by atomic mass is 9.84. The fraction of sp³-hybridized carbons (Fsp3) is 0.724. The molecule has 14 nitrogen and oxygen atoms in total. The standard InChI is InChI=1S/C35H59N3O11.C14H30.2C8H10.C7H16.2C2H6/c1-13-15-26(39)19-47-34(44)28(17-23(5)6)38(12)32(42)25(9)49-35(45)29(18-24(7)8)37(11)31(41)21-48-33(43)27(16-22(3)4)36(10)30(40)20-46-14-2;1-6-9-14(10-12(4)7-2)11-13(5)8-3;2*1-7-3-5-8(2)6-4-7;1-6(2)5-7(3)4;2*1-2/h14,22-25,27-29H,2,13,15-21H2,1,3-12H3;12-14H,6-11H2,1-5H3;2*3-6H,1-2H3;6-7H,5H2,1-4H3;2*1-2H3/t25-,27?,28?,29?;;;;;;/m1....../s1. The van der Waals surface area contributed by atoms with E-state index in [0.29, 0.717) is 6.42 Å². The van der Waals surface area contributed by atoms with Crippen LogP contribution < -0.4 is 0 Å². The molecule has 0 aliphatic carbocycles. The van der Waals surface area contributed by atoms with Crippen molar-refractivity contribution in [3.05, 3.63) is 83.6 Å². The molecule has 0 spiro atoms. The summed E-state index contributed by atoms with van der Waals surface area (Å²) in [6, 6.07) is 13.8. The molecule has 5 unspecified atom stereocenters. The topological polar surface area (TPSA) is 166 Å². The van der Waals surface area contributed by atoms with Crippen LogP contribution in [0.5, 0.6) is 0 Å². The maximum Gasteiger partial charge on any atom is 0.329 e. The van der Waals surface area contributed by atoms with Gasteiger partial charge >= 0.3 is 17.9 Å². The Morgan fingerprint density at radius 1 is 0.444 bits per heavy atom. The van der Waals surface area contributed by atoms with Gasteiger partial charge in [0.1, 0.15) is 24.7 Å². The van der Waals surface area contributed by atoms with Crippen molar-refractivity contribution in [3.63, 3.8) is 0 Å². The highest BCUT2D eigenvalue weighted by atomic mass is 16.6. The molecule has 0 radical (unpaired) electrons. The van der Waals surface area contributed by atoms with Crippen LogP contribution >= 0.6 is 0 Å². The fourth-order valence-corrected chi connectivity index (χ4v) is 9.26. The second kappa shape index (κ2) is 56.2. The Morgan fingerprint density at radius 2 is 0.767 bits per heavy atom. The fourth-order valence-electron chi connectivity index (χ4n) is 9.26. The van der Waals surface area contributed by atoms with E-state index < -0.39 is 73.1 Å². The summed E-state index contributed by atoms with van der Waals surface area (Å²) in [6.07, 6.45) is 11.1. The summed E-state index contributed by atoms with van der Waals surface area (Å²) >= 11 is 0. The summed E-state index contributed by atoms with van der Waals surface area (Å²) in [5.74, 6) is 0.0716. The van der Waals surface area contributed by atoms with Crippen molar-refractivity contribution in [2.75, 3.05) is 41.0 Å². The van der Waals surface area contributed by atoms with Gasteiger partial charge in [0.25, 0.3) is 17.7 Å². The van der Waals surface area contributed by atoms with E-state index in [1.54, 1.807) is 0 Å². The van der Waals surface area contributed by atoms with Crippen molar-refractivity contribution in [2.45, 2.75) is 274 Å². The maximum absolute atomic E-state index is 13.4. The highest BCUT2D eigenvalue weighted by Crippen LogP contribution is 2.27. The van der Waals surface area contributed by atoms with Gasteiger partial charge < -0.3 is 33.6 Å². The monoisotopic (exact) mass is 1270 g/mol. The van der Waals surface area contributed by atoms with Crippen LogP contribution in [0.15, 0.2) is 61.4 Å². The highest BCUT2D eigenvalue weighted by Gasteiger charge is 2.37. The number of carbonyl (C=O) groups is 7. The van der Waals surface area contributed by atoms with E-state index in [4.69, 9.17) is 18.9 Å². The molecule has 6 atom stereocenters. The van der Waals surface area contributed by atoms with Gasteiger partial charge in [0, 0.05) is 27.6 Å². The number of benzene rings is 2. The Labute approximate surface area is 552 Å². The van der Waals surface area contributed by atoms with Crippen molar-refractivity contribution >= 4 is 41.4 Å². The quantitative estimate of drug-likeness (QED) is 0.0379. The molecule has 0 aliphatic heterocycles. The van der Waals surface area contributed by atoms with Gasteiger partial charge in [0.05, 0.1) is 6.26 Å². The Bertz CT molecular complexity index is 2070. The van der Waals surface area contributed by atoms with E-state index in [-0.39, 0.29) is 55.8 Å². The summed E-state index contributed by atoms with van der Waals surface area (Å²) in [5, 5.41) is 0. The summed E-state index contributed by atoms with van der Waals surface area (Å²) in [5.41, 5.74) is 5.32. The summed E-state index contributed by atoms with van der Waals surface area (Å²) in [7, 11) is 4.20. The van der Waals surface area contributed by atoms with Crippen LogP contribution in [0, 0.1) is 75.0 Å². The molecule has 0 N–H and O–H groups in total. The third-order valence-corrected chi connectivity index (χ3v) is 14.6. The molecule has 0 aliphatic rings. The molecule has 522 valence electrons. The number of hydrogen-bond donors (Lipinski definition) is 0. The van der Waals surface area contributed by atoms with Crippen LogP contribution in [-0.4, -0.2) is 121 Å². The zero-order chi connectivity index (χ0) is 70.8. The maximum atomic E-state index is 13.4. The molecule has 2 rings (SSSR count). The number of ketones is 1. The first-order valence-corrected chi connectivity index (χ1v) is 34.2. The zero-order valence-corrected chi connectivity index (χ0v) is 62.8. The van der Waals surface area contributed by atoms with E-state index in [9.17, 15) is 33.6 Å². The second-order valence-electron chi connectivity index (χ2n) is 25.9. The van der Waals surface area contributed by atoms with E-state index in [0.717, 1.165) is 45.7 Å². The van der Waals surface area contributed by atoms with Crippen LogP contribution in [0.25, 0.3) is 0 Å². The van der Waals surface area contributed by atoms with Crippen molar-refractivity contribution in [2.24, 2.45) is 47.3 Å². The second-order valence-corrected chi connectivity index (χ2v) is 25.9. The largest absolute Gasteiger partial charge is 0.492 e. The Kier molecular flexibility index (Phi) is 58.2. The molecule has 14 heteroatoms. The lowest BCUT2D eigenvalue weighted by molar-refractivity contribution is -0.169. The van der Waals surface area contributed by atoms with Gasteiger partial charge in [-0.15, -0.1) is 0 Å². The molecular weight excluding hydrogens is 1130 g/mol. The first-order valence-electron chi connectivity index (χ1n) is 34.2. The number of ether oxygens (including phenoxy) is 4. The van der Waals surface area contributed by atoms with Crippen LogP contribution in [0.2, 0.25) is 0 Å². The van der Waals surface area contributed by atoms with Gasteiger partial charge in [0.2, 0.25) is 0 Å². The van der Waals surface area contributed by atoms with Crippen molar-refractivity contribution < 1.29 is 52.5 Å². The van der Waals surface area contributed by atoms with Crippen LogP contribution in [-0.2, 0) is 52.5 Å². The SMILES string of the molecule is C=COCC(=O)N(C)C(CC(C)C)C(=O)OCC(=O)N(C)C(CC(C)C)C(=O)O[C@H](C)C(=O)N(C)C(CC(C)C)C(=O)OCC(=O)CCC.CC.CC.CC(C)CC(C)C.CCCC(CC(C)CC)CC(C)CC.Cc1ccc(C)cc1.Cc1ccc(C)cc1. The van der Waals surface area contributed by atoms with Gasteiger partial charge in [-0.2, -0.15) is 0 Å². The molecule has 2 aromatic carbocycles. The molecule has 0 fully saturated rings. The van der Waals surface area contributed by atoms with E-state index in [2.05, 4.69) is 145 Å². The zero-order valence-electron chi connectivity index (χ0n) is 62.8. The van der Waals surface area contributed by atoms with Gasteiger partial charge in [-0.1, -0.05) is 242 Å². The number of aryl methyl sites for hydroxylation is 4. The van der Waals surface area contributed by atoms with E-state index in [1.165, 1.54) is 100 Å². The lowest BCUT2D eigenvalue weighted by Crippen LogP contribution is -2.51. The molecule has 3 amide bonds. The van der Waals surface area contributed by atoms with Crippen LogP contribution in [0.4, 0.5) is 0 Å². The number of esters is 3. The van der Waals surface area contributed by atoms with Crippen LogP contribution in [0.1, 0.15) is 245 Å².